The summed E-state index contributed by atoms with van der Waals surface area (Å²) in [6, 6.07) is 0. The summed E-state index contributed by atoms with van der Waals surface area (Å²) in [5.74, 6) is -1.03. The lowest BCUT2D eigenvalue weighted by molar-refractivity contribution is -0.224. The Hall–Kier alpha value is -1.83. The molecule has 0 N–H and O–H groups in total. The molecule has 282 valence electrons. The lowest BCUT2D eigenvalue weighted by Crippen LogP contribution is -2.49. The van der Waals surface area contributed by atoms with E-state index >= 15 is 0 Å². The van der Waals surface area contributed by atoms with Crippen LogP contribution >= 0.6 is 0 Å². The van der Waals surface area contributed by atoms with Gasteiger partial charge in [0.25, 0.3) is 0 Å². The number of unbranched alkanes of at least 4 members (excludes halogenated alkanes) is 16. The maximum atomic E-state index is 13.2. The Balaban J connectivity index is 2.28. The molecule has 0 amide bonds. The van der Waals surface area contributed by atoms with E-state index in [1.165, 1.54) is 51.4 Å². The van der Waals surface area contributed by atoms with E-state index < -0.39 is 28.1 Å². The van der Waals surface area contributed by atoms with Crippen LogP contribution in [0.2, 0.25) is 0 Å². The van der Waals surface area contributed by atoms with Crippen molar-refractivity contribution in [2.75, 3.05) is 18.6 Å². The van der Waals surface area contributed by atoms with Gasteiger partial charge in [-0.15, -0.1) is 0 Å². The minimum atomic E-state index is -3.33. The monoisotopic (exact) mass is 705 g/mol. The van der Waals surface area contributed by atoms with Gasteiger partial charge in [-0.2, -0.15) is 0 Å². The second-order valence-electron chi connectivity index (χ2n) is 14.0. The summed E-state index contributed by atoms with van der Waals surface area (Å²) in [5, 5.41) is 0. The number of hydrogen-bond donors (Lipinski definition) is 0. The van der Waals surface area contributed by atoms with Gasteiger partial charge in [-0.05, 0) is 77.0 Å². The van der Waals surface area contributed by atoms with Crippen molar-refractivity contribution in [1.29, 1.82) is 0 Å². The van der Waals surface area contributed by atoms with Crippen molar-refractivity contribution in [3.05, 3.63) is 48.6 Å². The highest BCUT2D eigenvalue weighted by Gasteiger charge is 2.40. The average Bonchev–Trinajstić information content (AvgIpc) is 3.07. The van der Waals surface area contributed by atoms with E-state index in [0.29, 0.717) is 12.8 Å². The lowest BCUT2D eigenvalue weighted by atomic mass is 9.96. The minimum absolute atomic E-state index is 0.0458. The maximum absolute atomic E-state index is 13.2. The molecule has 0 bridgehead atoms. The zero-order valence-electron chi connectivity index (χ0n) is 31.6. The Bertz CT molecular complexity index is 1060. The SMILES string of the molecule is CCCCC/C=C\C/C=C\CCCCCCCC(=O)C1OCC(CS(C)(=O)=O)C(C(=O)CCCCCCC/C=C\C/C=C\CCCCC)O1. The van der Waals surface area contributed by atoms with Crippen molar-refractivity contribution in [2.45, 2.75) is 180 Å². The zero-order valence-corrected chi connectivity index (χ0v) is 32.4. The summed E-state index contributed by atoms with van der Waals surface area (Å²) in [6.07, 6.45) is 42.3. The van der Waals surface area contributed by atoms with Crippen LogP contribution in [-0.2, 0) is 28.9 Å². The zero-order chi connectivity index (χ0) is 35.8. The number of ether oxygens (including phenoxy) is 2. The number of carbonyl (C=O) groups excluding carboxylic acids is 2. The average molecular weight is 705 g/mol. The first-order valence-electron chi connectivity index (χ1n) is 19.9. The molecule has 6 nitrogen and oxygen atoms in total. The Labute approximate surface area is 301 Å². The second kappa shape index (κ2) is 30.9. The van der Waals surface area contributed by atoms with Crippen LogP contribution in [0, 0.1) is 5.92 Å². The molecule has 7 heteroatoms. The quantitative estimate of drug-likeness (QED) is 0.0512. The van der Waals surface area contributed by atoms with E-state index in [9.17, 15) is 18.0 Å². The summed E-state index contributed by atoms with van der Waals surface area (Å²) in [7, 11) is -3.33. The first kappa shape index (κ1) is 45.2. The topological polar surface area (TPSA) is 86.7 Å². The summed E-state index contributed by atoms with van der Waals surface area (Å²) < 4.78 is 35.7. The molecule has 1 aliphatic rings. The van der Waals surface area contributed by atoms with E-state index in [0.717, 1.165) is 96.1 Å². The van der Waals surface area contributed by atoms with Crippen molar-refractivity contribution in [3.63, 3.8) is 0 Å². The van der Waals surface area contributed by atoms with Gasteiger partial charge >= 0.3 is 0 Å². The Kier molecular flexibility index (Phi) is 28.5. The normalized spacial score (nSPS) is 18.9. The number of hydrogen-bond acceptors (Lipinski definition) is 6. The van der Waals surface area contributed by atoms with Crippen molar-refractivity contribution in [1.82, 2.24) is 0 Å². The molecule has 0 aromatic carbocycles. The van der Waals surface area contributed by atoms with Crippen LogP contribution in [0.5, 0.6) is 0 Å². The van der Waals surface area contributed by atoms with Crippen LogP contribution in [0.4, 0.5) is 0 Å². The molecule has 0 aromatic heterocycles. The smallest absolute Gasteiger partial charge is 0.218 e. The van der Waals surface area contributed by atoms with Crippen LogP contribution in [0.1, 0.15) is 168 Å². The number of rotatable bonds is 32. The Morgan fingerprint density at radius 2 is 0.980 bits per heavy atom. The van der Waals surface area contributed by atoms with Crippen molar-refractivity contribution >= 4 is 21.4 Å². The van der Waals surface area contributed by atoms with Crippen molar-refractivity contribution in [2.24, 2.45) is 5.92 Å². The summed E-state index contributed by atoms with van der Waals surface area (Å²) in [6.45, 7) is 4.50. The Morgan fingerprint density at radius 3 is 1.43 bits per heavy atom. The molecule has 1 aliphatic heterocycles. The summed E-state index contributed by atoms with van der Waals surface area (Å²) >= 11 is 0. The fraction of sp³-hybridized carbons (Fsp3) is 0.762. The first-order valence-corrected chi connectivity index (χ1v) is 21.9. The highest BCUT2D eigenvalue weighted by atomic mass is 32.2. The molecule has 49 heavy (non-hydrogen) atoms. The van der Waals surface area contributed by atoms with Crippen molar-refractivity contribution in [3.8, 4) is 0 Å². The third-order valence-corrected chi connectivity index (χ3v) is 10.0. The first-order chi connectivity index (χ1) is 23.8. The van der Waals surface area contributed by atoms with Gasteiger partial charge in [0.15, 0.2) is 11.6 Å². The van der Waals surface area contributed by atoms with Crippen LogP contribution in [0.15, 0.2) is 48.6 Å². The van der Waals surface area contributed by atoms with Gasteiger partial charge < -0.3 is 9.47 Å². The molecule has 0 radical (unpaired) electrons. The number of allylic oxidation sites excluding steroid dienone is 8. The maximum Gasteiger partial charge on any atom is 0.218 e. The Morgan fingerprint density at radius 1 is 0.571 bits per heavy atom. The summed E-state index contributed by atoms with van der Waals surface area (Å²) in [4.78, 5) is 26.1. The molecular formula is C42H72O6S. The van der Waals surface area contributed by atoms with Gasteiger partial charge in [-0.3, -0.25) is 9.59 Å². The molecule has 1 saturated heterocycles. The third kappa shape index (κ3) is 26.6. The number of carbonyl (C=O) groups is 2. The number of Topliss-reactive ketones (excluding diaryl/α,β-unsaturated/α-hetero) is 2. The molecule has 1 heterocycles. The third-order valence-electron chi connectivity index (χ3n) is 9.00. The largest absolute Gasteiger partial charge is 0.346 e. The van der Waals surface area contributed by atoms with Gasteiger partial charge in [0.05, 0.1) is 12.4 Å². The van der Waals surface area contributed by atoms with Crippen molar-refractivity contribution < 1.29 is 27.5 Å². The van der Waals surface area contributed by atoms with Gasteiger partial charge in [0.1, 0.15) is 15.9 Å². The lowest BCUT2D eigenvalue weighted by Gasteiger charge is -2.34. The van der Waals surface area contributed by atoms with Crippen LogP contribution in [-0.4, -0.2) is 51.0 Å². The number of sulfone groups is 1. The molecule has 1 rings (SSSR count). The molecular weight excluding hydrogens is 633 g/mol. The highest BCUT2D eigenvalue weighted by molar-refractivity contribution is 7.90. The molecule has 3 atom stereocenters. The van der Waals surface area contributed by atoms with Crippen LogP contribution < -0.4 is 0 Å². The summed E-state index contributed by atoms with van der Waals surface area (Å²) in [5.41, 5.74) is 0. The molecule has 1 fully saturated rings. The molecule has 0 aromatic rings. The van der Waals surface area contributed by atoms with E-state index in [2.05, 4.69) is 62.5 Å². The van der Waals surface area contributed by atoms with Gasteiger partial charge in [0.2, 0.25) is 6.29 Å². The molecule has 0 saturated carbocycles. The standard InChI is InChI=1S/C42H72O6S/c1-4-6-8-10-12-14-16-18-20-22-24-26-28-30-32-34-39(43)41-38(37-49(3,45)46)36-47-42(48-41)40(44)35-33-31-29-27-25-23-21-19-17-15-13-11-9-7-5-2/h12-15,18-21,38,41-42H,4-11,16-17,22-37H2,1-3H3/b14-12-,15-13-,20-18-,21-19-. The van der Waals surface area contributed by atoms with Gasteiger partial charge in [-0.1, -0.05) is 127 Å². The highest BCUT2D eigenvalue weighted by Crippen LogP contribution is 2.25. The van der Waals surface area contributed by atoms with E-state index in [-0.39, 0.29) is 23.9 Å². The van der Waals surface area contributed by atoms with E-state index in [1.54, 1.807) is 0 Å². The molecule has 3 unspecified atom stereocenters. The predicted molar refractivity (Wildman–Crippen MR) is 207 cm³/mol. The van der Waals surface area contributed by atoms with Gasteiger partial charge in [-0.25, -0.2) is 8.42 Å². The number of ketones is 2. The van der Waals surface area contributed by atoms with E-state index in [4.69, 9.17) is 9.47 Å². The molecule has 0 spiro atoms. The fourth-order valence-corrected chi connectivity index (χ4v) is 7.14. The predicted octanol–water partition coefficient (Wildman–Crippen LogP) is 11.2. The second-order valence-corrected chi connectivity index (χ2v) is 16.2. The van der Waals surface area contributed by atoms with Gasteiger partial charge in [0, 0.05) is 25.0 Å². The van der Waals surface area contributed by atoms with Crippen LogP contribution in [0.25, 0.3) is 0 Å². The molecule has 0 aliphatic carbocycles. The van der Waals surface area contributed by atoms with E-state index in [1.807, 2.05) is 0 Å². The minimum Gasteiger partial charge on any atom is -0.346 e. The van der Waals surface area contributed by atoms with Crippen LogP contribution in [0.3, 0.4) is 0 Å². The fourth-order valence-electron chi connectivity index (χ4n) is 6.10.